The van der Waals surface area contributed by atoms with E-state index in [4.69, 9.17) is 15.0 Å². The highest BCUT2D eigenvalue weighted by molar-refractivity contribution is 6.09. The number of hydrogen-bond acceptors (Lipinski definition) is 7. The second kappa shape index (κ2) is 13.5. The molecule has 1 unspecified atom stereocenters. The molecule has 13 nitrogen and oxygen atoms in total. The lowest BCUT2D eigenvalue weighted by atomic mass is 10.0. The summed E-state index contributed by atoms with van der Waals surface area (Å²) in [6.45, 7) is 0.174. The van der Waals surface area contributed by atoms with E-state index in [0.717, 1.165) is 4.90 Å². The molecule has 218 valence electrons. The van der Waals surface area contributed by atoms with Gasteiger partial charge in [-0.1, -0.05) is 18.2 Å². The molecule has 1 amide bonds. The predicted molar refractivity (Wildman–Crippen MR) is 129 cm³/mol. The van der Waals surface area contributed by atoms with E-state index in [-0.39, 0.29) is 19.4 Å². The summed E-state index contributed by atoms with van der Waals surface area (Å²) in [5.41, 5.74) is 1.02. The molecule has 2 aromatic rings. The summed E-state index contributed by atoms with van der Waals surface area (Å²) in [5.74, 6) is -7.66. The lowest BCUT2D eigenvalue weighted by Gasteiger charge is -2.29. The third-order valence-corrected chi connectivity index (χ3v) is 5.99. The van der Waals surface area contributed by atoms with Crippen LogP contribution in [-0.4, -0.2) is 96.7 Å². The first kappa shape index (κ1) is 31.7. The van der Waals surface area contributed by atoms with Crippen molar-refractivity contribution in [3.63, 3.8) is 0 Å². The third-order valence-electron chi connectivity index (χ3n) is 5.99. The van der Waals surface area contributed by atoms with Gasteiger partial charge in [0.25, 0.3) is 0 Å². The number of aliphatic carboxylic acids is 4. The molecule has 2 heterocycles. The smallest absolute Gasteiger partial charge is 0.481 e. The lowest BCUT2D eigenvalue weighted by molar-refractivity contribution is -0.192. The van der Waals surface area contributed by atoms with Gasteiger partial charge in [0.1, 0.15) is 12.1 Å². The Morgan fingerprint density at radius 3 is 2.20 bits per heavy atom. The van der Waals surface area contributed by atoms with Gasteiger partial charge in [-0.2, -0.15) is 13.2 Å². The van der Waals surface area contributed by atoms with E-state index in [9.17, 15) is 47.4 Å². The van der Waals surface area contributed by atoms with E-state index >= 15 is 0 Å². The number of para-hydroxylation sites is 1. The van der Waals surface area contributed by atoms with Gasteiger partial charge in [0.2, 0.25) is 5.91 Å². The van der Waals surface area contributed by atoms with E-state index < -0.39 is 72.7 Å². The Morgan fingerprint density at radius 2 is 1.65 bits per heavy atom. The largest absolute Gasteiger partial charge is 0.490 e. The second-order valence-electron chi connectivity index (χ2n) is 8.75. The highest BCUT2D eigenvalue weighted by Crippen LogP contribution is 2.22. The maximum absolute atomic E-state index is 13.0. The first-order chi connectivity index (χ1) is 18.6. The minimum absolute atomic E-state index is 0.174. The Kier molecular flexibility index (Phi) is 10.8. The SMILES string of the molecule is O=C(O)C(F)(F)F.O=C(O)CC[C@H](NC(CC(=O)c1c[nH]c2ccccc12)C(=O)O)C(=O)N1CCC[C@H]1C(=O)O. The Hall–Kier alpha value is -4.47. The van der Waals surface area contributed by atoms with Crippen LogP contribution >= 0.6 is 0 Å². The van der Waals surface area contributed by atoms with Crippen LogP contribution in [0, 0.1) is 0 Å². The summed E-state index contributed by atoms with van der Waals surface area (Å²) < 4.78 is 31.7. The fraction of sp³-hybridized carbons (Fsp3) is 0.417. The molecule has 0 bridgehead atoms. The quantitative estimate of drug-likeness (QED) is 0.213. The summed E-state index contributed by atoms with van der Waals surface area (Å²) >= 11 is 0. The van der Waals surface area contributed by atoms with Crippen LogP contribution in [0.5, 0.6) is 0 Å². The topological polar surface area (TPSA) is 214 Å². The molecule has 1 aromatic carbocycles. The minimum atomic E-state index is -5.08. The number of alkyl halides is 3. The standard InChI is InChI=1S/C22H25N3O8.C2HF3O2/c26-18(13-11-23-14-5-2-1-4-12(13)14)10-16(21(30)31)24-15(7-8-19(27)28)20(29)25-9-3-6-17(25)22(32)33;3-2(4,5)1(6)7/h1-2,4-5,11,15-17,23-24H,3,6-10H2,(H,27,28)(H,30,31)(H,32,33);(H,6,7)/t15-,16?,17-;/m0./s1. The number of fused-ring (bicyclic) bond motifs is 1. The molecule has 40 heavy (non-hydrogen) atoms. The van der Waals surface area contributed by atoms with Crippen molar-refractivity contribution in [3.8, 4) is 0 Å². The lowest BCUT2D eigenvalue weighted by Crippen LogP contribution is -2.54. The number of carbonyl (C=O) groups is 6. The van der Waals surface area contributed by atoms with Crippen molar-refractivity contribution in [2.24, 2.45) is 0 Å². The van der Waals surface area contributed by atoms with Gasteiger partial charge in [-0.25, -0.2) is 9.59 Å². The summed E-state index contributed by atoms with van der Waals surface area (Å²) in [6, 6.07) is 3.24. The van der Waals surface area contributed by atoms with Gasteiger partial charge in [-0.3, -0.25) is 24.5 Å². The molecule has 0 aliphatic carbocycles. The molecule has 1 aliphatic heterocycles. The number of H-pyrrole nitrogens is 1. The van der Waals surface area contributed by atoms with Gasteiger partial charge in [0, 0.05) is 42.0 Å². The van der Waals surface area contributed by atoms with E-state index in [1.54, 1.807) is 24.3 Å². The summed E-state index contributed by atoms with van der Waals surface area (Å²) in [6.07, 6.45) is -4.03. The second-order valence-corrected chi connectivity index (χ2v) is 8.75. The van der Waals surface area contributed by atoms with Crippen molar-refractivity contribution in [1.82, 2.24) is 15.2 Å². The number of ketones is 1. The molecule has 0 spiro atoms. The molecular formula is C24H26F3N3O10. The number of aromatic amines is 1. The van der Waals surface area contributed by atoms with Crippen LogP contribution in [0.15, 0.2) is 30.5 Å². The third kappa shape index (κ3) is 8.52. The van der Waals surface area contributed by atoms with E-state index in [1.165, 1.54) is 6.20 Å². The first-order valence-corrected chi connectivity index (χ1v) is 11.8. The van der Waals surface area contributed by atoms with Crippen molar-refractivity contribution >= 4 is 46.5 Å². The van der Waals surface area contributed by atoms with Crippen molar-refractivity contribution in [3.05, 3.63) is 36.0 Å². The van der Waals surface area contributed by atoms with Gasteiger partial charge in [-0.05, 0) is 25.3 Å². The zero-order valence-corrected chi connectivity index (χ0v) is 20.7. The van der Waals surface area contributed by atoms with Crippen LogP contribution in [0.1, 0.15) is 42.5 Å². The number of carboxylic acid groups (broad SMARTS) is 4. The summed E-state index contributed by atoms with van der Waals surface area (Å²) in [7, 11) is 0. The number of halogens is 3. The molecule has 3 atom stereocenters. The molecule has 6 N–H and O–H groups in total. The molecule has 16 heteroatoms. The maximum Gasteiger partial charge on any atom is 0.490 e. The maximum atomic E-state index is 13.0. The van der Waals surface area contributed by atoms with Crippen molar-refractivity contribution in [2.45, 2.75) is 56.4 Å². The summed E-state index contributed by atoms with van der Waals surface area (Å²) in [5, 5.41) is 38.5. The normalized spacial score (nSPS) is 16.5. The van der Waals surface area contributed by atoms with Gasteiger partial charge in [0.05, 0.1) is 6.04 Å². The average molecular weight is 573 g/mol. The number of nitrogens with zero attached hydrogens (tertiary/aromatic N) is 1. The van der Waals surface area contributed by atoms with Gasteiger partial charge in [0.15, 0.2) is 5.78 Å². The molecular weight excluding hydrogens is 547 g/mol. The molecule has 3 rings (SSSR count). The Morgan fingerprint density at radius 1 is 1.02 bits per heavy atom. The zero-order valence-electron chi connectivity index (χ0n) is 20.7. The summed E-state index contributed by atoms with van der Waals surface area (Å²) in [4.78, 5) is 73.3. The van der Waals surface area contributed by atoms with Crippen LogP contribution < -0.4 is 5.32 Å². The molecule has 0 saturated carbocycles. The van der Waals surface area contributed by atoms with E-state index in [1.807, 2.05) is 0 Å². The Balaban J connectivity index is 0.000000708. The highest BCUT2D eigenvalue weighted by atomic mass is 19.4. The molecule has 1 aliphatic rings. The number of Topliss-reactive ketones (excluding diaryl/α,β-unsaturated/α-hetero) is 1. The van der Waals surface area contributed by atoms with E-state index in [0.29, 0.717) is 22.9 Å². The van der Waals surface area contributed by atoms with Crippen molar-refractivity contribution < 1.29 is 62.4 Å². The van der Waals surface area contributed by atoms with Crippen molar-refractivity contribution in [2.75, 3.05) is 6.54 Å². The van der Waals surface area contributed by atoms with Gasteiger partial charge >= 0.3 is 30.1 Å². The number of hydrogen-bond donors (Lipinski definition) is 6. The van der Waals surface area contributed by atoms with Gasteiger partial charge in [-0.15, -0.1) is 0 Å². The van der Waals surface area contributed by atoms with Crippen LogP contribution in [0.25, 0.3) is 10.9 Å². The molecule has 0 radical (unpaired) electrons. The highest BCUT2D eigenvalue weighted by Gasteiger charge is 2.39. The molecule has 1 saturated heterocycles. The van der Waals surface area contributed by atoms with E-state index in [2.05, 4.69) is 10.3 Å². The number of nitrogens with one attached hydrogen (secondary N) is 2. The van der Waals surface area contributed by atoms with Crippen LogP contribution in [0.4, 0.5) is 13.2 Å². The van der Waals surface area contributed by atoms with Gasteiger partial charge < -0.3 is 30.3 Å². The fourth-order valence-corrected chi connectivity index (χ4v) is 4.09. The molecule has 1 fully saturated rings. The van der Waals surface area contributed by atoms with Crippen LogP contribution in [-0.2, 0) is 24.0 Å². The number of carboxylic acids is 4. The Bertz CT molecular complexity index is 1280. The number of amides is 1. The van der Waals surface area contributed by atoms with Crippen LogP contribution in [0.3, 0.4) is 0 Å². The minimum Gasteiger partial charge on any atom is -0.481 e. The predicted octanol–water partition coefficient (Wildman–Crippen LogP) is 1.73. The van der Waals surface area contributed by atoms with Crippen LogP contribution in [0.2, 0.25) is 0 Å². The number of rotatable bonds is 11. The number of carbonyl (C=O) groups excluding carboxylic acids is 2. The zero-order chi connectivity index (χ0) is 30.2. The monoisotopic (exact) mass is 573 g/mol. The number of aromatic nitrogens is 1. The fourth-order valence-electron chi connectivity index (χ4n) is 4.09. The average Bonchev–Trinajstić information content (AvgIpc) is 3.52. The first-order valence-electron chi connectivity index (χ1n) is 11.8. The number of likely N-dealkylation sites (tertiary alicyclic amines) is 1. The Labute approximate surface area is 223 Å². The number of benzene rings is 1. The molecule has 1 aromatic heterocycles. The van der Waals surface area contributed by atoms with Crippen molar-refractivity contribution in [1.29, 1.82) is 0 Å².